The molecule has 0 aliphatic rings. The lowest BCUT2D eigenvalue weighted by atomic mass is 10.3. The van der Waals surface area contributed by atoms with E-state index in [2.05, 4.69) is 15.6 Å². The summed E-state index contributed by atoms with van der Waals surface area (Å²) >= 11 is 6.11. The topological polar surface area (TPSA) is 76.0 Å². The van der Waals surface area contributed by atoms with E-state index in [0.29, 0.717) is 23.0 Å². The SMILES string of the molecule is CCCC(=O)NCc1nc2ccccc2n1CC(=O)Nc1ccccc1Cl. The lowest BCUT2D eigenvalue weighted by Gasteiger charge is -2.11. The summed E-state index contributed by atoms with van der Waals surface area (Å²) in [6.07, 6.45) is 1.25. The van der Waals surface area contributed by atoms with Crippen LogP contribution in [0.4, 0.5) is 5.69 Å². The average molecular weight is 385 g/mol. The highest BCUT2D eigenvalue weighted by Gasteiger charge is 2.15. The highest BCUT2D eigenvalue weighted by atomic mass is 35.5. The Morgan fingerprint density at radius 1 is 1.07 bits per heavy atom. The summed E-state index contributed by atoms with van der Waals surface area (Å²) in [6.45, 7) is 2.30. The molecule has 0 fully saturated rings. The lowest BCUT2D eigenvalue weighted by molar-refractivity contribution is -0.121. The zero-order valence-corrected chi connectivity index (χ0v) is 15.8. The van der Waals surface area contributed by atoms with Crippen LogP contribution < -0.4 is 10.6 Å². The third-order valence-electron chi connectivity index (χ3n) is 4.10. The van der Waals surface area contributed by atoms with Crippen LogP contribution in [0.25, 0.3) is 11.0 Å². The van der Waals surface area contributed by atoms with Crippen LogP contribution in [0.5, 0.6) is 0 Å². The minimum Gasteiger partial charge on any atom is -0.349 e. The Morgan fingerprint density at radius 3 is 2.59 bits per heavy atom. The Morgan fingerprint density at radius 2 is 1.81 bits per heavy atom. The first kappa shape index (κ1) is 18.9. The van der Waals surface area contributed by atoms with Crippen LogP contribution in [-0.4, -0.2) is 21.4 Å². The van der Waals surface area contributed by atoms with Gasteiger partial charge in [0, 0.05) is 6.42 Å². The molecular weight excluding hydrogens is 364 g/mol. The van der Waals surface area contributed by atoms with Gasteiger partial charge in [0.05, 0.1) is 28.3 Å². The molecule has 0 atom stereocenters. The molecule has 27 heavy (non-hydrogen) atoms. The fraction of sp³-hybridized carbons (Fsp3) is 0.250. The van der Waals surface area contributed by atoms with Gasteiger partial charge in [-0.2, -0.15) is 0 Å². The molecule has 0 unspecified atom stereocenters. The number of anilines is 1. The molecule has 0 saturated carbocycles. The average Bonchev–Trinajstić information content (AvgIpc) is 3.00. The molecule has 0 bridgehead atoms. The molecule has 2 amide bonds. The largest absolute Gasteiger partial charge is 0.349 e. The van der Waals surface area contributed by atoms with Gasteiger partial charge >= 0.3 is 0 Å². The molecule has 2 N–H and O–H groups in total. The number of nitrogens with zero attached hydrogens (tertiary/aromatic N) is 2. The quantitative estimate of drug-likeness (QED) is 0.651. The minimum atomic E-state index is -0.215. The van der Waals surface area contributed by atoms with Crippen LogP contribution >= 0.6 is 11.6 Å². The molecule has 1 heterocycles. The van der Waals surface area contributed by atoms with E-state index in [1.807, 2.05) is 41.8 Å². The second-order valence-corrected chi connectivity index (χ2v) is 6.56. The number of benzene rings is 2. The summed E-state index contributed by atoms with van der Waals surface area (Å²) < 4.78 is 1.81. The number of aromatic nitrogens is 2. The molecule has 2 aromatic carbocycles. The predicted molar refractivity (Wildman–Crippen MR) is 107 cm³/mol. The van der Waals surface area contributed by atoms with Crippen LogP contribution in [0, 0.1) is 0 Å². The van der Waals surface area contributed by atoms with E-state index >= 15 is 0 Å². The van der Waals surface area contributed by atoms with E-state index in [-0.39, 0.29) is 24.9 Å². The smallest absolute Gasteiger partial charge is 0.244 e. The maximum absolute atomic E-state index is 12.6. The second-order valence-electron chi connectivity index (χ2n) is 6.16. The van der Waals surface area contributed by atoms with Gasteiger partial charge < -0.3 is 15.2 Å². The van der Waals surface area contributed by atoms with E-state index in [4.69, 9.17) is 11.6 Å². The third kappa shape index (κ3) is 4.65. The van der Waals surface area contributed by atoms with Gasteiger partial charge in [-0.25, -0.2) is 4.98 Å². The maximum Gasteiger partial charge on any atom is 0.244 e. The summed E-state index contributed by atoms with van der Waals surface area (Å²) in [4.78, 5) is 28.9. The first-order valence-corrected chi connectivity index (χ1v) is 9.21. The molecule has 0 aliphatic carbocycles. The summed E-state index contributed by atoms with van der Waals surface area (Å²) in [6, 6.07) is 14.7. The molecule has 0 aliphatic heterocycles. The van der Waals surface area contributed by atoms with E-state index in [1.165, 1.54) is 0 Å². The van der Waals surface area contributed by atoms with Crippen molar-refractivity contribution in [2.75, 3.05) is 5.32 Å². The van der Waals surface area contributed by atoms with Gasteiger partial charge in [0.25, 0.3) is 0 Å². The summed E-state index contributed by atoms with van der Waals surface area (Å²) in [5, 5.41) is 6.16. The van der Waals surface area contributed by atoms with E-state index < -0.39 is 0 Å². The highest BCUT2D eigenvalue weighted by Crippen LogP contribution is 2.21. The Balaban J connectivity index is 1.81. The molecular formula is C20H21ClN4O2. The fourth-order valence-electron chi connectivity index (χ4n) is 2.83. The van der Waals surface area contributed by atoms with Crippen molar-refractivity contribution in [2.24, 2.45) is 0 Å². The molecule has 0 radical (unpaired) electrons. The van der Waals surface area contributed by atoms with Crippen molar-refractivity contribution in [2.45, 2.75) is 32.9 Å². The summed E-state index contributed by atoms with van der Waals surface area (Å²) in [7, 11) is 0. The third-order valence-corrected chi connectivity index (χ3v) is 4.43. The first-order chi connectivity index (χ1) is 13.1. The van der Waals surface area contributed by atoms with Crippen molar-refractivity contribution in [3.8, 4) is 0 Å². The van der Waals surface area contributed by atoms with E-state index in [0.717, 1.165) is 17.5 Å². The number of amides is 2. The van der Waals surface area contributed by atoms with E-state index in [9.17, 15) is 9.59 Å². The standard InChI is InChI=1S/C20H21ClN4O2/c1-2-7-19(26)22-12-18-23-16-10-5-6-11-17(16)25(18)13-20(27)24-15-9-4-3-8-14(15)21/h3-6,8-11H,2,7,12-13H2,1H3,(H,22,26)(H,24,27). The normalized spacial score (nSPS) is 10.7. The first-order valence-electron chi connectivity index (χ1n) is 8.83. The van der Waals surface area contributed by atoms with Crippen LogP contribution in [0.1, 0.15) is 25.6 Å². The zero-order chi connectivity index (χ0) is 19.2. The van der Waals surface area contributed by atoms with Crippen LogP contribution in [0.15, 0.2) is 48.5 Å². The van der Waals surface area contributed by atoms with Gasteiger partial charge in [-0.15, -0.1) is 0 Å². The lowest BCUT2D eigenvalue weighted by Crippen LogP contribution is -2.26. The van der Waals surface area contributed by atoms with Crippen molar-refractivity contribution in [1.82, 2.24) is 14.9 Å². The summed E-state index contributed by atoms with van der Waals surface area (Å²) in [5.41, 5.74) is 2.18. The molecule has 140 valence electrons. The Labute approximate surface area is 162 Å². The summed E-state index contributed by atoms with van der Waals surface area (Å²) in [5.74, 6) is 0.388. The van der Waals surface area contributed by atoms with Crippen molar-refractivity contribution in [3.05, 3.63) is 59.4 Å². The van der Waals surface area contributed by atoms with Gasteiger partial charge in [0.1, 0.15) is 12.4 Å². The number of carbonyl (C=O) groups excluding carboxylic acids is 2. The number of rotatable bonds is 7. The predicted octanol–water partition coefficient (Wildman–Crippen LogP) is 3.74. The molecule has 6 nitrogen and oxygen atoms in total. The number of fused-ring (bicyclic) bond motifs is 1. The van der Waals surface area contributed by atoms with Crippen LogP contribution in [0.3, 0.4) is 0 Å². The second kappa shape index (κ2) is 8.68. The Hall–Kier alpha value is -2.86. The number of halogens is 1. The zero-order valence-electron chi connectivity index (χ0n) is 15.0. The van der Waals surface area contributed by atoms with Crippen molar-refractivity contribution < 1.29 is 9.59 Å². The number of hydrogen-bond donors (Lipinski definition) is 2. The monoisotopic (exact) mass is 384 g/mol. The number of nitrogens with one attached hydrogen (secondary N) is 2. The highest BCUT2D eigenvalue weighted by molar-refractivity contribution is 6.33. The van der Waals surface area contributed by atoms with Crippen molar-refractivity contribution in [1.29, 1.82) is 0 Å². The number of hydrogen-bond acceptors (Lipinski definition) is 3. The molecule has 1 aromatic heterocycles. The molecule has 3 aromatic rings. The van der Waals surface area contributed by atoms with Gasteiger partial charge in [0.15, 0.2) is 0 Å². The molecule has 7 heteroatoms. The van der Waals surface area contributed by atoms with Crippen LogP contribution in [-0.2, 0) is 22.7 Å². The molecule has 0 spiro atoms. The van der Waals surface area contributed by atoms with Crippen molar-refractivity contribution >= 4 is 40.1 Å². The van der Waals surface area contributed by atoms with Gasteiger partial charge in [0.2, 0.25) is 11.8 Å². The van der Waals surface area contributed by atoms with Crippen LogP contribution in [0.2, 0.25) is 5.02 Å². The number of imidazole rings is 1. The Bertz CT molecular complexity index is 968. The van der Waals surface area contributed by atoms with Crippen molar-refractivity contribution in [3.63, 3.8) is 0 Å². The van der Waals surface area contributed by atoms with E-state index in [1.54, 1.807) is 18.2 Å². The molecule has 3 rings (SSSR count). The Kier molecular flexibility index (Phi) is 6.08. The van der Waals surface area contributed by atoms with Gasteiger partial charge in [-0.05, 0) is 30.7 Å². The minimum absolute atomic E-state index is 0.0309. The van der Waals surface area contributed by atoms with Gasteiger partial charge in [-0.3, -0.25) is 9.59 Å². The number of para-hydroxylation sites is 3. The molecule has 0 saturated heterocycles. The fourth-order valence-corrected chi connectivity index (χ4v) is 3.01. The number of carbonyl (C=O) groups is 2. The maximum atomic E-state index is 12.6. The van der Waals surface area contributed by atoms with Gasteiger partial charge in [-0.1, -0.05) is 42.8 Å².